The summed E-state index contributed by atoms with van der Waals surface area (Å²) in [6, 6.07) is -0.382. The summed E-state index contributed by atoms with van der Waals surface area (Å²) in [4.78, 5) is 21.0. The molecule has 1 fully saturated rings. The Labute approximate surface area is 58.5 Å². The van der Waals surface area contributed by atoms with Crippen molar-refractivity contribution in [1.82, 2.24) is 5.32 Å². The molecule has 0 spiro atoms. The maximum absolute atomic E-state index is 10.7. The van der Waals surface area contributed by atoms with Gasteiger partial charge in [-0.15, -0.1) is 0 Å². The van der Waals surface area contributed by atoms with Gasteiger partial charge in [0.1, 0.15) is 6.04 Å². The first-order chi connectivity index (χ1) is 4.74. The number of β-lactam (4-membered cyclic amide) rings is 1. The zero-order chi connectivity index (χ0) is 7.56. The van der Waals surface area contributed by atoms with Crippen molar-refractivity contribution < 1.29 is 14.3 Å². The van der Waals surface area contributed by atoms with Crippen LogP contribution in [0.15, 0.2) is 0 Å². The van der Waals surface area contributed by atoms with E-state index in [1.54, 1.807) is 6.92 Å². The Morgan fingerprint density at radius 3 is 2.90 bits per heavy atom. The quantitative estimate of drug-likeness (QED) is 0.416. The lowest BCUT2D eigenvalue weighted by atomic mass is 10.1. The lowest BCUT2D eigenvalue weighted by Crippen LogP contribution is -2.53. The van der Waals surface area contributed by atoms with Gasteiger partial charge in [0, 0.05) is 0 Å². The molecular weight excluding hydrogens is 134 g/mol. The fourth-order valence-electron chi connectivity index (χ4n) is 0.744. The molecule has 1 saturated heterocycles. The smallest absolute Gasteiger partial charge is 0.329 e. The van der Waals surface area contributed by atoms with Crippen molar-refractivity contribution in [3.8, 4) is 0 Å². The zero-order valence-corrected chi connectivity index (χ0v) is 5.72. The van der Waals surface area contributed by atoms with E-state index in [0.29, 0.717) is 6.61 Å². The van der Waals surface area contributed by atoms with Crippen molar-refractivity contribution in [1.29, 1.82) is 0 Å². The van der Waals surface area contributed by atoms with Crippen LogP contribution in [0.2, 0.25) is 0 Å². The number of hydrogen-bond donors (Lipinski definition) is 1. The molecule has 4 nitrogen and oxygen atoms in total. The molecule has 0 aromatic heterocycles. The monoisotopic (exact) mass is 143 g/mol. The number of rotatable bonds is 2. The van der Waals surface area contributed by atoms with Crippen LogP contribution in [0.5, 0.6) is 0 Å². The van der Waals surface area contributed by atoms with Gasteiger partial charge in [0.15, 0.2) is 0 Å². The van der Waals surface area contributed by atoms with Gasteiger partial charge in [-0.3, -0.25) is 4.79 Å². The van der Waals surface area contributed by atoms with Crippen LogP contribution in [0.3, 0.4) is 0 Å². The second-order valence-electron chi connectivity index (χ2n) is 2.08. The number of hydrogen-bond acceptors (Lipinski definition) is 3. The first kappa shape index (κ1) is 7.05. The molecule has 1 N–H and O–H groups in total. The number of carbonyl (C=O) groups is 2. The normalized spacial score (nSPS) is 22.9. The van der Waals surface area contributed by atoms with Crippen molar-refractivity contribution in [3.63, 3.8) is 0 Å². The van der Waals surface area contributed by atoms with E-state index in [9.17, 15) is 9.59 Å². The summed E-state index contributed by atoms with van der Waals surface area (Å²) >= 11 is 0. The average molecular weight is 143 g/mol. The third-order valence-electron chi connectivity index (χ3n) is 1.30. The van der Waals surface area contributed by atoms with E-state index in [1.807, 2.05) is 0 Å². The van der Waals surface area contributed by atoms with Crippen molar-refractivity contribution in [3.05, 3.63) is 0 Å². The van der Waals surface area contributed by atoms with Crippen LogP contribution in [0.4, 0.5) is 0 Å². The average Bonchev–Trinajstić information content (AvgIpc) is 1.82. The lowest BCUT2D eigenvalue weighted by molar-refractivity contribution is -0.152. The van der Waals surface area contributed by atoms with E-state index in [-0.39, 0.29) is 24.3 Å². The van der Waals surface area contributed by atoms with Gasteiger partial charge in [0.05, 0.1) is 13.0 Å². The van der Waals surface area contributed by atoms with Crippen molar-refractivity contribution in [2.75, 3.05) is 6.61 Å². The van der Waals surface area contributed by atoms with E-state index in [2.05, 4.69) is 10.1 Å². The number of ether oxygens (including phenoxy) is 1. The molecule has 1 atom stereocenters. The van der Waals surface area contributed by atoms with Gasteiger partial charge < -0.3 is 10.1 Å². The third kappa shape index (κ3) is 1.26. The summed E-state index contributed by atoms with van der Waals surface area (Å²) < 4.78 is 4.64. The van der Waals surface area contributed by atoms with Gasteiger partial charge >= 0.3 is 5.97 Å². The van der Waals surface area contributed by atoms with Crippen LogP contribution in [0.1, 0.15) is 13.3 Å². The molecule has 0 aromatic rings. The fourth-order valence-corrected chi connectivity index (χ4v) is 0.744. The van der Waals surface area contributed by atoms with E-state index >= 15 is 0 Å². The molecule has 0 bridgehead atoms. The summed E-state index contributed by atoms with van der Waals surface area (Å²) in [6.45, 7) is 2.10. The van der Waals surface area contributed by atoms with Gasteiger partial charge in [-0.25, -0.2) is 4.79 Å². The highest BCUT2D eigenvalue weighted by Crippen LogP contribution is 2.05. The second kappa shape index (κ2) is 2.68. The first-order valence-electron chi connectivity index (χ1n) is 3.20. The van der Waals surface area contributed by atoms with Crippen molar-refractivity contribution in [2.24, 2.45) is 0 Å². The minimum absolute atomic E-state index is 0.0851. The molecule has 1 aliphatic heterocycles. The third-order valence-corrected chi connectivity index (χ3v) is 1.30. The molecule has 1 rings (SSSR count). The van der Waals surface area contributed by atoms with Crippen molar-refractivity contribution in [2.45, 2.75) is 19.4 Å². The largest absolute Gasteiger partial charge is 0.464 e. The first-order valence-corrected chi connectivity index (χ1v) is 3.20. The molecule has 56 valence electrons. The Bertz CT molecular complexity index is 158. The molecule has 4 heteroatoms. The van der Waals surface area contributed by atoms with E-state index < -0.39 is 0 Å². The number of carbonyl (C=O) groups excluding carboxylic acids is 2. The SMILES string of the molecule is CCOC(=O)C1CC(=O)N1. The fraction of sp³-hybridized carbons (Fsp3) is 0.667. The highest BCUT2D eigenvalue weighted by molar-refractivity contribution is 5.94. The highest BCUT2D eigenvalue weighted by Gasteiger charge is 2.32. The molecule has 1 amide bonds. The molecular formula is C6H9NO3. The zero-order valence-electron chi connectivity index (χ0n) is 5.72. The Morgan fingerprint density at radius 2 is 2.50 bits per heavy atom. The van der Waals surface area contributed by atoms with Gasteiger partial charge in [0.2, 0.25) is 5.91 Å². The summed E-state index contributed by atoms with van der Waals surface area (Å²) in [5.41, 5.74) is 0. The molecule has 1 aliphatic rings. The van der Waals surface area contributed by atoms with E-state index in [0.717, 1.165) is 0 Å². The Kier molecular flexibility index (Phi) is 1.89. The molecule has 0 aromatic carbocycles. The summed E-state index contributed by atoms with van der Waals surface area (Å²) in [5.74, 6) is -0.417. The van der Waals surface area contributed by atoms with Crippen LogP contribution >= 0.6 is 0 Å². The molecule has 0 saturated carbocycles. The predicted octanol–water partition coefficient (Wildman–Crippen LogP) is -0.562. The number of esters is 1. The standard InChI is InChI=1S/C6H9NO3/c1-2-10-6(9)4-3-5(8)7-4/h4H,2-3H2,1H3,(H,7,8). The topological polar surface area (TPSA) is 55.4 Å². The summed E-state index contributed by atoms with van der Waals surface area (Å²) in [7, 11) is 0. The summed E-state index contributed by atoms with van der Waals surface area (Å²) in [5, 5.41) is 2.41. The Hall–Kier alpha value is -1.06. The van der Waals surface area contributed by atoms with Gasteiger partial charge in [-0.1, -0.05) is 0 Å². The van der Waals surface area contributed by atoms with Crippen molar-refractivity contribution >= 4 is 11.9 Å². The van der Waals surface area contributed by atoms with Crippen LogP contribution in [-0.4, -0.2) is 24.5 Å². The predicted molar refractivity (Wildman–Crippen MR) is 33.2 cm³/mol. The molecule has 0 radical (unpaired) electrons. The van der Waals surface area contributed by atoms with E-state index in [1.165, 1.54) is 0 Å². The molecule has 0 aliphatic carbocycles. The van der Waals surface area contributed by atoms with Gasteiger partial charge in [-0.05, 0) is 6.92 Å². The molecule has 1 heterocycles. The minimum atomic E-state index is -0.382. The maximum atomic E-state index is 10.7. The second-order valence-corrected chi connectivity index (χ2v) is 2.08. The Morgan fingerprint density at radius 1 is 1.90 bits per heavy atom. The van der Waals surface area contributed by atoms with Crippen LogP contribution < -0.4 is 5.32 Å². The highest BCUT2D eigenvalue weighted by atomic mass is 16.5. The Balaban J connectivity index is 2.24. The summed E-state index contributed by atoms with van der Waals surface area (Å²) in [6.07, 6.45) is 0.277. The minimum Gasteiger partial charge on any atom is -0.464 e. The van der Waals surface area contributed by atoms with Crippen LogP contribution in [-0.2, 0) is 14.3 Å². The van der Waals surface area contributed by atoms with Crippen LogP contribution in [0, 0.1) is 0 Å². The number of nitrogens with one attached hydrogen (secondary N) is 1. The van der Waals surface area contributed by atoms with E-state index in [4.69, 9.17) is 0 Å². The number of amides is 1. The molecule has 10 heavy (non-hydrogen) atoms. The van der Waals surface area contributed by atoms with Gasteiger partial charge in [-0.2, -0.15) is 0 Å². The molecule has 1 unspecified atom stereocenters. The van der Waals surface area contributed by atoms with Gasteiger partial charge in [0.25, 0.3) is 0 Å². The maximum Gasteiger partial charge on any atom is 0.329 e. The lowest BCUT2D eigenvalue weighted by Gasteiger charge is -2.24. The van der Waals surface area contributed by atoms with Crippen LogP contribution in [0.25, 0.3) is 0 Å².